The summed E-state index contributed by atoms with van der Waals surface area (Å²) in [5.41, 5.74) is 5.83. The molecule has 0 saturated carbocycles. The summed E-state index contributed by atoms with van der Waals surface area (Å²) in [6.07, 6.45) is 0. The maximum absolute atomic E-state index is 2.36. The standard InChI is InChI=1S/C26H28S2/c1-25(2,3)19-13-11-18-17(23(19)21-9-7-15-27-21)12-14-20(26(4,5)6)24(18)22-10-8-16-28-22/h7-16H,1-6H3. The van der Waals surface area contributed by atoms with Crippen molar-refractivity contribution >= 4 is 33.4 Å². The van der Waals surface area contributed by atoms with Crippen LogP contribution in [0.15, 0.2) is 59.3 Å². The van der Waals surface area contributed by atoms with Crippen LogP contribution in [0.1, 0.15) is 52.7 Å². The van der Waals surface area contributed by atoms with E-state index < -0.39 is 0 Å². The van der Waals surface area contributed by atoms with Crippen LogP contribution in [0.5, 0.6) is 0 Å². The van der Waals surface area contributed by atoms with E-state index in [0.717, 1.165) is 0 Å². The fraction of sp³-hybridized carbons (Fsp3) is 0.308. The van der Waals surface area contributed by atoms with Crippen LogP contribution in [0.3, 0.4) is 0 Å². The summed E-state index contributed by atoms with van der Waals surface area (Å²) in [6.45, 7) is 13.9. The highest BCUT2D eigenvalue weighted by atomic mass is 32.1. The van der Waals surface area contributed by atoms with Crippen LogP contribution < -0.4 is 0 Å². The third kappa shape index (κ3) is 3.33. The summed E-state index contributed by atoms with van der Waals surface area (Å²) >= 11 is 3.67. The summed E-state index contributed by atoms with van der Waals surface area (Å²) in [4.78, 5) is 2.72. The topological polar surface area (TPSA) is 0 Å². The molecule has 28 heavy (non-hydrogen) atoms. The molecule has 144 valence electrons. The first-order valence-electron chi connectivity index (χ1n) is 9.86. The minimum atomic E-state index is 0.0965. The normalized spacial score (nSPS) is 12.6. The minimum absolute atomic E-state index is 0.0965. The van der Waals surface area contributed by atoms with Crippen LogP contribution in [0.25, 0.3) is 31.7 Å². The van der Waals surface area contributed by atoms with E-state index in [-0.39, 0.29) is 10.8 Å². The molecule has 0 unspecified atom stereocenters. The predicted molar refractivity (Wildman–Crippen MR) is 128 cm³/mol. The molecular weight excluding hydrogens is 376 g/mol. The van der Waals surface area contributed by atoms with Gasteiger partial charge in [0.15, 0.2) is 0 Å². The molecular formula is C26H28S2. The van der Waals surface area contributed by atoms with Gasteiger partial charge in [0.05, 0.1) is 0 Å². The second-order valence-corrected chi connectivity index (χ2v) is 11.4. The quantitative estimate of drug-likeness (QED) is 0.313. The van der Waals surface area contributed by atoms with Gasteiger partial charge < -0.3 is 0 Å². The van der Waals surface area contributed by atoms with E-state index in [1.165, 1.54) is 42.8 Å². The number of fused-ring (bicyclic) bond motifs is 1. The average Bonchev–Trinajstić information content (AvgIpc) is 3.31. The van der Waals surface area contributed by atoms with Crippen molar-refractivity contribution in [3.8, 4) is 20.9 Å². The van der Waals surface area contributed by atoms with E-state index >= 15 is 0 Å². The Hall–Kier alpha value is -1.90. The van der Waals surface area contributed by atoms with Gasteiger partial charge in [-0.05, 0) is 55.6 Å². The Kier molecular flexibility index (Phi) is 4.76. The van der Waals surface area contributed by atoms with Crippen molar-refractivity contribution in [3.63, 3.8) is 0 Å². The third-order valence-electron chi connectivity index (χ3n) is 5.35. The van der Waals surface area contributed by atoms with Gasteiger partial charge in [-0.1, -0.05) is 77.9 Å². The Morgan fingerprint density at radius 3 is 1.21 bits per heavy atom. The van der Waals surface area contributed by atoms with E-state index in [9.17, 15) is 0 Å². The Labute approximate surface area is 176 Å². The SMILES string of the molecule is CC(C)(C)c1ccc2c(-c3cccs3)c(C(C)(C)C)ccc2c1-c1cccs1. The van der Waals surface area contributed by atoms with Crippen LogP contribution in [-0.4, -0.2) is 0 Å². The van der Waals surface area contributed by atoms with Gasteiger partial charge >= 0.3 is 0 Å². The molecule has 0 aliphatic heterocycles. The zero-order valence-electron chi connectivity index (χ0n) is 17.6. The molecule has 4 aromatic rings. The second-order valence-electron chi connectivity index (χ2n) is 9.53. The van der Waals surface area contributed by atoms with Crippen molar-refractivity contribution in [2.45, 2.75) is 52.4 Å². The van der Waals surface area contributed by atoms with Crippen molar-refractivity contribution in [2.24, 2.45) is 0 Å². The first-order chi connectivity index (χ1) is 13.2. The third-order valence-corrected chi connectivity index (χ3v) is 7.13. The molecule has 0 atom stereocenters. The molecule has 0 saturated heterocycles. The molecule has 0 aliphatic carbocycles. The maximum Gasteiger partial charge on any atom is 0.0351 e. The molecule has 2 heterocycles. The molecule has 2 aromatic carbocycles. The van der Waals surface area contributed by atoms with Crippen LogP contribution in [0.4, 0.5) is 0 Å². The van der Waals surface area contributed by atoms with E-state index in [4.69, 9.17) is 0 Å². The fourth-order valence-electron chi connectivity index (χ4n) is 4.03. The summed E-state index contributed by atoms with van der Waals surface area (Å²) in [5.74, 6) is 0. The fourth-order valence-corrected chi connectivity index (χ4v) is 5.63. The van der Waals surface area contributed by atoms with Crippen molar-refractivity contribution in [1.29, 1.82) is 0 Å². The average molecular weight is 405 g/mol. The van der Waals surface area contributed by atoms with E-state index in [2.05, 4.69) is 101 Å². The molecule has 0 aliphatic rings. The molecule has 0 N–H and O–H groups in total. The predicted octanol–water partition coefficient (Wildman–Crippen LogP) is 8.89. The van der Waals surface area contributed by atoms with Crippen LogP contribution >= 0.6 is 22.7 Å². The van der Waals surface area contributed by atoms with E-state index in [0.29, 0.717) is 0 Å². The van der Waals surface area contributed by atoms with E-state index in [1.54, 1.807) is 0 Å². The van der Waals surface area contributed by atoms with Gasteiger partial charge in [-0.2, -0.15) is 0 Å². The van der Waals surface area contributed by atoms with Gasteiger partial charge in [-0.3, -0.25) is 0 Å². The van der Waals surface area contributed by atoms with Gasteiger partial charge in [0.2, 0.25) is 0 Å². The van der Waals surface area contributed by atoms with Crippen molar-refractivity contribution in [1.82, 2.24) is 0 Å². The molecule has 0 nitrogen and oxygen atoms in total. The Bertz CT molecular complexity index is 1010. The molecule has 0 fully saturated rings. The van der Waals surface area contributed by atoms with E-state index in [1.807, 2.05) is 22.7 Å². The highest BCUT2D eigenvalue weighted by molar-refractivity contribution is 7.14. The van der Waals surface area contributed by atoms with Gasteiger partial charge in [-0.25, -0.2) is 0 Å². The smallest absolute Gasteiger partial charge is 0.0351 e. The Balaban J connectivity index is 2.16. The van der Waals surface area contributed by atoms with Crippen molar-refractivity contribution in [2.75, 3.05) is 0 Å². The molecule has 4 rings (SSSR count). The lowest BCUT2D eigenvalue weighted by Crippen LogP contribution is -2.14. The molecule has 0 spiro atoms. The molecule has 2 heteroatoms. The summed E-state index contributed by atoms with van der Waals surface area (Å²) < 4.78 is 0. The minimum Gasteiger partial charge on any atom is -0.144 e. The maximum atomic E-state index is 2.36. The van der Waals surface area contributed by atoms with Crippen molar-refractivity contribution < 1.29 is 0 Å². The van der Waals surface area contributed by atoms with Gasteiger partial charge in [0.25, 0.3) is 0 Å². The number of thiophene rings is 2. The lowest BCUT2D eigenvalue weighted by atomic mass is 9.77. The summed E-state index contributed by atoms with van der Waals surface area (Å²) in [6, 6.07) is 18.3. The summed E-state index contributed by atoms with van der Waals surface area (Å²) in [5, 5.41) is 7.10. The molecule has 0 amide bonds. The van der Waals surface area contributed by atoms with Gasteiger partial charge in [0.1, 0.15) is 0 Å². The number of hydrogen-bond acceptors (Lipinski definition) is 2. The molecule has 0 radical (unpaired) electrons. The van der Waals surface area contributed by atoms with Crippen LogP contribution in [0, 0.1) is 0 Å². The van der Waals surface area contributed by atoms with Gasteiger partial charge in [0, 0.05) is 20.9 Å². The largest absolute Gasteiger partial charge is 0.144 e. The van der Waals surface area contributed by atoms with Crippen LogP contribution in [-0.2, 0) is 10.8 Å². The molecule has 2 aromatic heterocycles. The second kappa shape index (κ2) is 6.86. The lowest BCUT2D eigenvalue weighted by Gasteiger charge is -2.27. The highest BCUT2D eigenvalue weighted by Gasteiger charge is 2.25. The van der Waals surface area contributed by atoms with Crippen LogP contribution in [0.2, 0.25) is 0 Å². The Morgan fingerprint density at radius 1 is 0.536 bits per heavy atom. The first kappa shape index (κ1) is 19.4. The number of rotatable bonds is 2. The van der Waals surface area contributed by atoms with Gasteiger partial charge in [-0.15, -0.1) is 22.7 Å². The summed E-state index contributed by atoms with van der Waals surface area (Å²) in [7, 11) is 0. The molecule has 0 bridgehead atoms. The highest BCUT2D eigenvalue weighted by Crippen LogP contribution is 2.46. The number of hydrogen-bond donors (Lipinski definition) is 0. The zero-order valence-corrected chi connectivity index (χ0v) is 19.2. The lowest BCUT2D eigenvalue weighted by molar-refractivity contribution is 0.591. The zero-order chi connectivity index (χ0) is 20.1. The van der Waals surface area contributed by atoms with Crippen molar-refractivity contribution in [3.05, 3.63) is 70.4 Å². The first-order valence-corrected chi connectivity index (χ1v) is 11.6. The Morgan fingerprint density at radius 2 is 0.929 bits per heavy atom. The monoisotopic (exact) mass is 404 g/mol. The number of benzene rings is 2.